The highest BCUT2D eigenvalue weighted by Crippen LogP contribution is 2.35. The average Bonchev–Trinajstić information content (AvgIpc) is 2.32. The number of carbonyl (C=O) groups is 2. The molecule has 1 aromatic rings. The number of rotatable bonds is 2. The van der Waals surface area contributed by atoms with Gasteiger partial charge < -0.3 is 5.73 Å². The Morgan fingerprint density at radius 3 is 2.67 bits per heavy atom. The number of anilines is 1. The van der Waals surface area contributed by atoms with E-state index in [1.165, 1.54) is 4.90 Å². The van der Waals surface area contributed by atoms with E-state index in [4.69, 9.17) is 5.73 Å². The van der Waals surface area contributed by atoms with Crippen molar-refractivity contribution in [3.05, 3.63) is 42.0 Å². The lowest BCUT2D eigenvalue weighted by Crippen LogP contribution is -2.51. The van der Waals surface area contributed by atoms with Gasteiger partial charge in [-0.05, 0) is 31.5 Å². The van der Waals surface area contributed by atoms with Crippen molar-refractivity contribution in [3.8, 4) is 0 Å². The zero-order valence-corrected chi connectivity index (χ0v) is 10.6. The standard InChI is InChI=1S/C14H16N2O2/c1-4-7-16-12(17)10-8-9(15)5-6-11(10)14(2,3)13(16)18/h4-6,8H,1,7,15H2,2-3H3. The zero-order chi connectivity index (χ0) is 13.5. The predicted molar refractivity (Wildman–Crippen MR) is 70.1 cm³/mol. The summed E-state index contributed by atoms with van der Waals surface area (Å²) in [6.45, 7) is 7.42. The lowest BCUT2D eigenvalue weighted by Gasteiger charge is -2.37. The molecule has 0 saturated carbocycles. The number of imide groups is 1. The summed E-state index contributed by atoms with van der Waals surface area (Å²) in [5.74, 6) is -0.508. The number of amides is 2. The smallest absolute Gasteiger partial charge is 0.261 e. The second kappa shape index (κ2) is 3.98. The molecule has 4 nitrogen and oxygen atoms in total. The van der Waals surface area contributed by atoms with Crippen LogP contribution in [0.5, 0.6) is 0 Å². The van der Waals surface area contributed by atoms with Gasteiger partial charge in [0.2, 0.25) is 5.91 Å². The highest BCUT2D eigenvalue weighted by atomic mass is 16.2. The normalized spacial score (nSPS) is 17.6. The van der Waals surface area contributed by atoms with Crippen LogP contribution in [0, 0.1) is 0 Å². The summed E-state index contributed by atoms with van der Waals surface area (Å²) >= 11 is 0. The molecule has 0 unspecified atom stereocenters. The van der Waals surface area contributed by atoms with Crippen molar-refractivity contribution in [1.82, 2.24) is 4.90 Å². The summed E-state index contributed by atoms with van der Waals surface area (Å²) in [6.07, 6.45) is 1.54. The maximum absolute atomic E-state index is 12.3. The van der Waals surface area contributed by atoms with E-state index in [0.29, 0.717) is 11.3 Å². The Hall–Kier alpha value is -2.10. The molecule has 18 heavy (non-hydrogen) atoms. The third-order valence-corrected chi connectivity index (χ3v) is 3.28. The predicted octanol–water partition coefficient (Wildman–Crippen LogP) is 1.71. The van der Waals surface area contributed by atoms with Gasteiger partial charge >= 0.3 is 0 Å². The minimum Gasteiger partial charge on any atom is -0.399 e. The second-order valence-corrected chi connectivity index (χ2v) is 4.94. The van der Waals surface area contributed by atoms with Crippen molar-refractivity contribution >= 4 is 17.5 Å². The molecule has 0 atom stereocenters. The number of benzene rings is 1. The first-order chi connectivity index (χ1) is 8.39. The molecule has 0 radical (unpaired) electrons. The van der Waals surface area contributed by atoms with Gasteiger partial charge in [-0.25, -0.2) is 0 Å². The van der Waals surface area contributed by atoms with Crippen LogP contribution in [0.4, 0.5) is 5.69 Å². The van der Waals surface area contributed by atoms with Crippen molar-refractivity contribution in [1.29, 1.82) is 0 Å². The lowest BCUT2D eigenvalue weighted by molar-refractivity contribution is -0.133. The maximum atomic E-state index is 12.3. The van der Waals surface area contributed by atoms with Crippen molar-refractivity contribution in [2.45, 2.75) is 19.3 Å². The first-order valence-corrected chi connectivity index (χ1v) is 5.76. The Morgan fingerprint density at radius 2 is 2.06 bits per heavy atom. The Kier molecular flexibility index (Phi) is 2.73. The van der Waals surface area contributed by atoms with Gasteiger partial charge in [0.15, 0.2) is 0 Å². The molecule has 1 heterocycles. The minimum atomic E-state index is -0.722. The summed E-state index contributed by atoms with van der Waals surface area (Å²) in [5.41, 5.74) is 6.74. The molecule has 0 spiro atoms. The average molecular weight is 244 g/mol. The number of nitrogens with zero attached hydrogens (tertiary/aromatic N) is 1. The fourth-order valence-corrected chi connectivity index (χ4v) is 2.27. The number of hydrogen-bond donors (Lipinski definition) is 1. The Morgan fingerprint density at radius 1 is 1.39 bits per heavy atom. The largest absolute Gasteiger partial charge is 0.399 e. The fourth-order valence-electron chi connectivity index (χ4n) is 2.27. The molecule has 0 saturated heterocycles. The van der Waals surface area contributed by atoms with Gasteiger partial charge in [0.25, 0.3) is 5.91 Å². The van der Waals surface area contributed by atoms with Crippen molar-refractivity contribution in [3.63, 3.8) is 0 Å². The summed E-state index contributed by atoms with van der Waals surface area (Å²) in [4.78, 5) is 25.8. The minimum absolute atomic E-state index is 0.204. The van der Waals surface area contributed by atoms with Crippen LogP contribution in [0.15, 0.2) is 30.9 Å². The van der Waals surface area contributed by atoms with Crippen molar-refractivity contribution in [2.24, 2.45) is 0 Å². The first kappa shape index (κ1) is 12.4. The molecule has 0 bridgehead atoms. The second-order valence-electron chi connectivity index (χ2n) is 4.94. The molecule has 0 aliphatic carbocycles. The van der Waals surface area contributed by atoms with E-state index in [1.54, 1.807) is 24.3 Å². The van der Waals surface area contributed by atoms with E-state index in [0.717, 1.165) is 5.56 Å². The summed E-state index contributed by atoms with van der Waals surface area (Å²) in [5, 5.41) is 0. The van der Waals surface area contributed by atoms with Crippen molar-refractivity contribution in [2.75, 3.05) is 12.3 Å². The van der Waals surface area contributed by atoms with E-state index >= 15 is 0 Å². The molecule has 94 valence electrons. The molecule has 0 aromatic heterocycles. The van der Waals surface area contributed by atoms with E-state index in [1.807, 2.05) is 13.8 Å². The van der Waals surface area contributed by atoms with Crippen LogP contribution in [0.3, 0.4) is 0 Å². The summed E-state index contributed by atoms with van der Waals surface area (Å²) < 4.78 is 0. The number of nitrogen functional groups attached to an aromatic ring is 1. The van der Waals surface area contributed by atoms with E-state index in [9.17, 15) is 9.59 Å². The molecule has 0 fully saturated rings. The van der Waals surface area contributed by atoms with Crippen LogP contribution >= 0.6 is 0 Å². The highest BCUT2D eigenvalue weighted by Gasteiger charge is 2.43. The van der Waals surface area contributed by atoms with Gasteiger partial charge in [0, 0.05) is 17.8 Å². The lowest BCUT2D eigenvalue weighted by atomic mass is 9.77. The highest BCUT2D eigenvalue weighted by molar-refractivity contribution is 6.13. The molecule has 4 heteroatoms. The fraction of sp³-hybridized carbons (Fsp3) is 0.286. The third kappa shape index (κ3) is 1.61. The van der Waals surface area contributed by atoms with Gasteiger partial charge in [-0.2, -0.15) is 0 Å². The van der Waals surface area contributed by atoms with Crippen molar-refractivity contribution < 1.29 is 9.59 Å². The number of carbonyl (C=O) groups excluding carboxylic acids is 2. The SMILES string of the molecule is C=CCN1C(=O)c2cc(N)ccc2C(C)(C)C1=O. The van der Waals surface area contributed by atoms with E-state index in [-0.39, 0.29) is 18.4 Å². The van der Waals surface area contributed by atoms with Gasteiger partial charge in [-0.1, -0.05) is 12.1 Å². The van der Waals surface area contributed by atoms with Crippen LogP contribution in [0.2, 0.25) is 0 Å². The first-order valence-electron chi connectivity index (χ1n) is 5.76. The Balaban J connectivity index is 2.65. The van der Waals surface area contributed by atoms with Crippen LogP contribution in [0.1, 0.15) is 29.8 Å². The molecule has 2 N–H and O–H groups in total. The zero-order valence-electron chi connectivity index (χ0n) is 10.6. The Labute approximate surface area is 106 Å². The number of hydrogen-bond acceptors (Lipinski definition) is 3. The number of nitrogens with two attached hydrogens (primary N) is 1. The Bertz CT molecular complexity index is 547. The van der Waals surface area contributed by atoms with Crippen LogP contribution in [0.25, 0.3) is 0 Å². The molecule has 2 amide bonds. The van der Waals surface area contributed by atoms with Gasteiger partial charge in [0.05, 0.1) is 5.41 Å². The molecule has 1 aromatic carbocycles. The van der Waals surface area contributed by atoms with Gasteiger partial charge in [-0.15, -0.1) is 6.58 Å². The molecule has 2 rings (SSSR count). The van der Waals surface area contributed by atoms with E-state index < -0.39 is 5.41 Å². The van der Waals surface area contributed by atoms with Crippen LogP contribution in [-0.4, -0.2) is 23.3 Å². The number of fused-ring (bicyclic) bond motifs is 1. The molecular formula is C14H16N2O2. The summed E-state index contributed by atoms with van der Waals surface area (Å²) in [6, 6.07) is 5.10. The topological polar surface area (TPSA) is 63.4 Å². The quantitative estimate of drug-likeness (QED) is 0.489. The van der Waals surface area contributed by atoms with Crippen LogP contribution in [-0.2, 0) is 10.2 Å². The van der Waals surface area contributed by atoms with Gasteiger partial charge in [0.1, 0.15) is 0 Å². The van der Waals surface area contributed by atoms with Gasteiger partial charge in [-0.3, -0.25) is 14.5 Å². The van der Waals surface area contributed by atoms with Crippen LogP contribution < -0.4 is 5.73 Å². The molecule has 1 aliphatic rings. The summed E-state index contributed by atoms with van der Waals surface area (Å²) in [7, 11) is 0. The third-order valence-electron chi connectivity index (χ3n) is 3.28. The molecular weight excluding hydrogens is 228 g/mol. The molecule has 1 aliphatic heterocycles. The maximum Gasteiger partial charge on any atom is 0.261 e. The van der Waals surface area contributed by atoms with E-state index in [2.05, 4.69) is 6.58 Å². The monoisotopic (exact) mass is 244 g/mol.